The molecular formula is C15H25F3IN5O2. The van der Waals surface area contributed by atoms with Gasteiger partial charge in [-0.25, -0.2) is 0 Å². The Kier molecular flexibility index (Phi) is 9.64. The van der Waals surface area contributed by atoms with Crippen LogP contribution in [0.15, 0.2) is 17.4 Å². The fourth-order valence-corrected chi connectivity index (χ4v) is 2.54. The van der Waals surface area contributed by atoms with E-state index in [4.69, 9.17) is 4.74 Å². The highest BCUT2D eigenvalue weighted by atomic mass is 127. The predicted octanol–water partition coefficient (Wildman–Crippen LogP) is 1.96. The SMILES string of the molecule is CN=C(NCCCOCC(F)(F)F)N1CCOC(c2cnn(C)c2)C1.I. The van der Waals surface area contributed by atoms with E-state index in [2.05, 4.69) is 25.0 Å². The van der Waals surface area contributed by atoms with Crippen LogP contribution < -0.4 is 5.32 Å². The van der Waals surface area contributed by atoms with Gasteiger partial charge in [0.2, 0.25) is 0 Å². The lowest BCUT2D eigenvalue weighted by atomic mass is 10.1. The Morgan fingerprint density at radius 3 is 2.88 bits per heavy atom. The van der Waals surface area contributed by atoms with Gasteiger partial charge in [0, 0.05) is 45.6 Å². The second-order valence-electron chi connectivity index (χ2n) is 5.75. The van der Waals surface area contributed by atoms with Crippen LogP contribution in [0.3, 0.4) is 0 Å². The average molecular weight is 491 g/mol. The van der Waals surface area contributed by atoms with E-state index in [0.717, 1.165) is 5.56 Å². The van der Waals surface area contributed by atoms with Crippen LogP contribution in [-0.4, -0.2) is 73.3 Å². The van der Waals surface area contributed by atoms with Crippen molar-refractivity contribution < 1.29 is 22.6 Å². The van der Waals surface area contributed by atoms with Crippen LogP contribution in [0, 0.1) is 0 Å². The number of guanidine groups is 1. The molecule has 0 bridgehead atoms. The number of nitrogens with zero attached hydrogens (tertiary/aromatic N) is 4. The molecule has 1 saturated heterocycles. The number of halogens is 4. The van der Waals surface area contributed by atoms with E-state index in [-0.39, 0.29) is 36.7 Å². The van der Waals surface area contributed by atoms with Gasteiger partial charge in [0.1, 0.15) is 12.7 Å². The van der Waals surface area contributed by atoms with Crippen LogP contribution in [-0.2, 0) is 16.5 Å². The van der Waals surface area contributed by atoms with Crippen molar-refractivity contribution in [1.82, 2.24) is 20.0 Å². The van der Waals surface area contributed by atoms with Gasteiger partial charge in [-0.2, -0.15) is 18.3 Å². The number of aromatic nitrogens is 2. The highest BCUT2D eigenvalue weighted by Gasteiger charge is 2.27. The van der Waals surface area contributed by atoms with E-state index < -0.39 is 12.8 Å². The van der Waals surface area contributed by atoms with Gasteiger partial charge in [0.25, 0.3) is 0 Å². The fraction of sp³-hybridized carbons (Fsp3) is 0.733. The van der Waals surface area contributed by atoms with Crippen LogP contribution >= 0.6 is 24.0 Å². The molecule has 1 atom stereocenters. The first-order valence-electron chi connectivity index (χ1n) is 8.09. The van der Waals surface area contributed by atoms with Crippen molar-refractivity contribution in [1.29, 1.82) is 0 Å². The van der Waals surface area contributed by atoms with Crippen molar-refractivity contribution in [3.8, 4) is 0 Å². The molecule has 1 unspecified atom stereocenters. The molecule has 1 aliphatic rings. The molecule has 2 rings (SSSR count). The van der Waals surface area contributed by atoms with Crippen molar-refractivity contribution in [2.45, 2.75) is 18.7 Å². The molecule has 0 amide bonds. The summed E-state index contributed by atoms with van der Waals surface area (Å²) in [5.74, 6) is 0.702. The molecule has 7 nitrogen and oxygen atoms in total. The quantitative estimate of drug-likeness (QED) is 0.286. The van der Waals surface area contributed by atoms with Gasteiger partial charge in [-0.3, -0.25) is 9.67 Å². The maximum absolute atomic E-state index is 12.0. The van der Waals surface area contributed by atoms with Crippen molar-refractivity contribution >= 4 is 29.9 Å². The number of alkyl halides is 3. The average Bonchev–Trinajstić information content (AvgIpc) is 3.00. The number of ether oxygens (including phenoxy) is 2. The molecule has 0 saturated carbocycles. The van der Waals surface area contributed by atoms with E-state index in [0.29, 0.717) is 38.6 Å². The first kappa shape index (κ1) is 23.0. The molecule has 1 aromatic heterocycles. The Labute approximate surface area is 167 Å². The summed E-state index contributed by atoms with van der Waals surface area (Å²) in [6, 6.07) is 0. The smallest absolute Gasteiger partial charge is 0.372 e. The zero-order chi connectivity index (χ0) is 18.3. The first-order valence-corrected chi connectivity index (χ1v) is 8.09. The standard InChI is InChI=1S/C15H24F3N5O2.HI/c1-19-14(20-4-3-6-24-11-15(16,17)18)23-5-7-25-13(10-23)12-8-21-22(2)9-12;/h8-9,13H,3-7,10-11H2,1-2H3,(H,19,20);1H. The Morgan fingerprint density at radius 1 is 1.50 bits per heavy atom. The topological polar surface area (TPSA) is 63.9 Å². The summed E-state index contributed by atoms with van der Waals surface area (Å²) in [5.41, 5.74) is 1.00. The van der Waals surface area contributed by atoms with E-state index in [1.165, 1.54) is 0 Å². The van der Waals surface area contributed by atoms with Gasteiger partial charge in [0.15, 0.2) is 5.96 Å². The molecule has 1 aromatic rings. The van der Waals surface area contributed by atoms with E-state index in [9.17, 15) is 13.2 Å². The van der Waals surface area contributed by atoms with Crippen molar-refractivity contribution in [3.63, 3.8) is 0 Å². The maximum Gasteiger partial charge on any atom is 0.411 e. The Balaban J connectivity index is 0.00000338. The summed E-state index contributed by atoms with van der Waals surface area (Å²) in [4.78, 5) is 6.30. The summed E-state index contributed by atoms with van der Waals surface area (Å²) in [5, 5.41) is 7.31. The minimum Gasteiger partial charge on any atom is -0.372 e. The summed E-state index contributed by atoms with van der Waals surface area (Å²) in [6.07, 6.45) is -0.203. The second kappa shape index (κ2) is 10.9. The highest BCUT2D eigenvalue weighted by Crippen LogP contribution is 2.21. The van der Waals surface area contributed by atoms with E-state index in [1.54, 1.807) is 17.9 Å². The number of hydrogen-bond acceptors (Lipinski definition) is 4. The van der Waals surface area contributed by atoms with Gasteiger partial charge >= 0.3 is 6.18 Å². The van der Waals surface area contributed by atoms with Crippen molar-refractivity contribution in [3.05, 3.63) is 18.0 Å². The molecule has 0 aromatic carbocycles. The van der Waals surface area contributed by atoms with Gasteiger partial charge in [0.05, 0.1) is 19.3 Å². The Hall–Kier alpha value is -1.08. The zero-order valence-corrected chi connectivity index (χ0v) is 17.2. The van der Waals surface area contributed by atoms with Crippen LogP contribution in [0.2, 0.25) is 0 Å². The molecule has 1 fully saturated rings. The Morgan fingerprint density at radius 2 is 2.27 bits per heavy atom. The number of hydrogen-bond donors (Lipinski definition) is 1. The molecule has 0 spiro atoms. The van der Waals surface area contributed by atoms with Gasteiger partial charge in [-0.15, -0.1) is 24.0 Å². The van der Waals surface area contributed by atoms with E-state index >= 15 is 0 Å². The number of rotatable bonds is 6. The summed E-state index contributed by atoms with van der Waals surface area (Å²) >= 11 is 0. The Bertz CT molecular complexity index is 568. The monoisotopic (exact) mass is 491 g/mol. The molecule has 0 aliphatic carbocycles. The van der Waals surface area contributed by atoms with Crippen LogP contribution in [0.1, 0.15) is 18.1 Å². The third kappa shape index (κ3) is 7.66. The lowest BCUT2D eigenvalue weighted by Gasteiger charge is -2.34. The lowest BCUT2D eigenvalue weighted by molar-refractivity contribution is -0.173. The normalized spacial score (nSPS) is 18.6. The predicted molar refractivity (Wildman–Crippen MR) is 102 cm³/mol. The van der Waals surface area contributed by atoms with E-state index in [1.807, 2.05) is 13.2 Å². The van der Waals surface area contributed by atoms with Gasteiger partial charge in [-0.1, -0.05) is 0 Å². The molecular weight excluding hydrogens is 466 g/mol. The third-order valence-electron chi connectivity index (χ3n) is 3.69. The van der Waals surface area contributed by atoms with Crippen molar-refractivity contribution in [2.75, 3.05) is 46.5 Å². The van der Waals surface area contributed by atoms with Crippen LogP contribution in [0.4, 0.5) is 13.2 Å². The van der Waals surface area contributed by atoms with Crippen molar-refractivity contribution in [2.24, 2.45) is 12.0 Å². The fourth-order valence-electron chi connectivity index (χ4n) is 2.54. The molecule has 150 valence electrons. The molecule has 11 heteroatoms. The first-order chi connectivity index (χ1) is 11.9. The molecule has 26 heavy (non-hydrogen) atoms. The molecule has 2 heterocycles. The molecule has 1 aliphatic heterocycles. The number of morpholine rings is 1. The number of aliphatic imine (C=N–C) groups is 1. The summed E-state index contributed by atoms with van der Waals surface area (Å²) in [7, 11) is 3.53. The third-order valence-corrected chi connectivity index (χ3v) is 3.69. The zero-order valence-electron chi connectivity index (χ0n) is 14.8. The highest BCUT2D eigenvalue weighted by molar-refractivity contribution is 14.0. The molecule has 1 N–H and O–H groups in total. The maximum atomic E-state index is 12.0. The van der Waals surface area contributed by atoms with Gasteiger partial charge in [-0.05, 0) is 6.42 Å². The number of aryl methyl sites for hydroxylation is 1. The number of nitrogens with one attached hydrogen (secondary N) is 1. The minimum atomic E-state index is -4.28. The molecule has 0 radical (unpaired) electrons. The largest absolute Gasteiger partial charge is 0.411 e. The van der Waals surface area contributed by atoms with Crippen LogP contribution in [0.5, 0.6) is 0 Å². The second-order valence-corrected chi connectivity index (χ2v) is 5.75. The minimum absolute atomic E-state index is 0. The summed E-state index contributed by atoms with van der Waals surface area (Å²) in [6.45, 7) is 1.22. The summed E-state index contributed by atoms with van der Waals surface area (Å²) < 4.78 is 48.1. The van der Waals surface area contributed by atoms with Gasteiger partial charge < -0.3 is 19.7 Å². The lowest BCUT2D eigenvalue weighted by Crippen LogP contribution is -2.48. The van der Waals surface area contributed by atoms with Crippen LogP contribution in [0.25, 0.3) is 0 Å².